The highest BCUT2D eigenvalue weighted by Crippen LogP contribution is 2.51. The van der Waals surface area contributed by atoms with E-state index < -0.39 is 11.5 Å². The monoisotopic (exact) mass is 358 g/mol. The standard InChI is InChI=1S/C18H19FN4OS/c1-18(14(10-5-6-10)16(24)23(2)17(20)22-18)13-8-11(9-25-13)12-4-3-7-21-15(12)19/h3-4,7-10,14H,5-6H2,1-2H3,(H2,20,22)/t14-,18+/m0/s1. The summed E-state index contributed by atoms with van der Waals surface area (Å²) in [5, 5.41) is 1.89. The second-order valence-corrected chi connectivity index (χ2v) is 7.78. The van der Waals surface area contributed by atoms with Crippen LogP contribution < -0.4 is 5.73 Å². The van der Waals surface area contributed by atoms with E-state index in [4.69, 9.17) is 5.73 Å². The highest BCUT2D eigenvalue weighted by atomic mass is 32.1. The Morgan fingerprint density at radius 2 is 2.20 bits per heavy atom. The van der Waals surface area contributed by atoms with Crippen molar-refractivity contribution >= 4 is 23.2 Å². The summed E-state index contributed by atoms with van der Waals surface area (Å²) in [4.78, 5) is 23.6. The van der Waals surface area contributed by atoms with Gasteiger partial charge < -0.3 is 5.73 Å². The van der Waals surface area contributed by atoms with Crippen LogP contribution in [0.2, 0.25) is 0 Å². The first-order valence-corrected chi connectivity index (χ1v) is 9.12. The lowest BCUT2D eigenvalue weighted by Crippen LogP contribution is -2.54. The molecule has 0 aromatic carbocycles. The van der Waals surface area contributed by atoms with Gasteiger partial charge >= 0.3 is 0 Å². The number of guanidine groups is 1. The molecule has 0 bridgehead atoms. The second kappa shape index (κ2) is 5.62. The average molecular weight is 358 g/mol. The van der Waals surface area contributed by atoms with Gasteiger partial charge in [-0.15, -0.1) is 11.3 Å². The molecule has 4 rings (SSSR count). The van der Waals surface area contributed by atoms with Crippen LogP contribution in [0.4, 0.5) is 4.39 Å². The summed E-state index contributed by atoms with van der Waals surface area (Å²) in [6.07, 6.45) is 3.49. The molecule has 2 atom stereocenters. The average Bonchev–Trinajstić information content (AvgIpc) is 3.27. The molecule has 2 N–H and O–H groups in total. The van der Waals surface area contributed by atoms with E-state index in [1.54, 1.807) is 19.2 Å². The Bertz CT molecular complexity index is 875. The van der Waals surface area contributed by atoms with Gasteiger partial charge in [0.25, 0.3) is 0 Å². The zero-order valence-electron chi connectivity index (χ0n) is 14.1. The van der Waals surface area contributed by atoms with E-state index in [2.05, 4.69) is 9.98 Å². The maximum atomic E-state index is 14.0. The first-order valence-electron chi connectivity index (χ1n) is 8.24. The molecular formula is C18H19FN4OS. The number of amides is 1. The maximum Gasteiger partial charge on any atom is 0.235 e. The molecule has 1 saturated carbocycles. The molecule has 2 aromatic rings. The van der Waals surface area contributed by atoms with Gasteiger partial charge in [-0.25, -0.2) is 9.98 Å². The van der Waals surface area contributed by atoms with Crippen molar-refractivity contribution in [3.8, 4) is 11.1 Å². The van der Waals surface area contributed by atoms with E-state index in [-0.39, 0.29) is 17.8 Å². The number of rotatable bonds is 3. The van der Waals surface area contributed by atoms with Crippen LogP contribution >= 0.6 is 11.3 Å². The van der Waals surface area contributed by atoms with Crippen molar-refractivity contribution in [1.82, 2.24) is 9.88 Å². The highest BCUT2D eigenvalue weighted by Gasteiger charge is 2.53. The molecule has 3 heterocycles. The van der Waals surface area contributed by atoms with Crippen LogP contribution in [0.15, 0.2) is 34.8 Å². The Labute approximate surface area is 149 Å². The molecule has 130 valence electrons. The van der Waals surface area contributed by atoms with Crippen LogP contribution in [0.5, 0.6) is 0 Å². The predicted octanol–water partition coefficient (Wildman–Crippen LogP) is 2.98. The first-order chi connectivity index (χ1) is 11.9. The van der Waals surface area contributed by atoms with Gasteiger partial charge in [-0.05, 0) is 54.8 Å². The van der Waals surface area contributed by atoms with E-state index in [1.165, 1.54) is 22.4 Å². The van der Waals surface area contributed by atoms with Gasteiger partial charge in [0.15, 0.2) is 5.96 Å². The van der Waals surface area contributed by atoms with Crippen LogP contribution in [-0.4, -0.2) is 28.8 Å². The molecule has 1 amide bonds. The number of hydrogen-bond donors (Lipinski definition) is 1. The largest absolute Gasteiger partial charge is 0.369 e. The van der Waals surface area contributed by atoms with Gasteiger partial charge in [0, 0.05) is 23.7 Å². The molecule has 0 saturated heterocycles. The summed E-state index contributed by atoms with van der Waals surface area (Å²) in [7, 11) is 1.67. The van der Waals surface area contributed by atoms with Crippen LogP contribution in [-0.2, 0) is 10.3 Å². The van der Waals surface area contributed by atoms with Gasteiger partial charge in [0.2, 0.25) is 11.9 Å². The first kappa shape index (κ1) is 16.2. The van der Waals surface area contributed by atoms with Crippen molar-refractivity contribution in [2.75, 3.05) is 7.05 Å². The van der Waals surface area contributed by atoms with Gasteiger partial charge in [-0.2, -0.15) is 4.39 Å². The number of thiophene rings is 1. The SMILES string of the molecule is CN1C(=O)[C@H](C2CC2)[C@@](C)(c2cc(-c3cccnc3F)cs2)N=C1N. The molecule has 7 heteroatoms. The molecule has 1 fully saturated rings. The number of pyridine rings is 1. The Balaban J connectivity index is 1.80. The zero-order chi connectivity index (χ0) is 17.8. The molecule has 2 aliphatic rings. The summed E-state index contributed by atoms with van der Waals surface area (Å²) >= 11 is 1.48. The zero-order valence-corrected chi connectivity index (χ0v) is 14.9. The number of nitrogens with zero attached hydrogens (tertiary/aromatic N) is 3. The Hall–Kier alpha value is -2.28. The van der Waals surface area contributed by atoms with Crippen molar-refractivity contribution in [1.29, 1.82) is 0 Å². The second-order valence-electron chi connectivity index (χ2n) is 6.87. The summed E-state index contributed by atoms with van der Waals surface area (Å²) < 4.78 is 14.0. The number of nitrogens with two attached hydrogens (primary N) is 1. The Kier molecular flexibility index (Phi) is 3.64. The fraction of sp³-hybridized carbons (Fsp3) is 0.389. The van der Waals surface area contributed by atoms with Crippen LogP contribution in [0, 0.1) is 17.8 Å². The van der Waals surface area contributed by atoms with E-state index in [0.717, 1.165) is 23.3 Å². The number of aromatic nitrogens is 1. The molecule has 1 aliphatic heterocycles. The minimum atomic E-state index is -0.712. The van der Waals surface area contributed by atoms with Crippen molar-refractivity contribution in [2.24, 2.45) is 22.6 Å². The lowest BCUT2D eigenvalue weighted by Gasteiger charge is -2.40. The molecule has 5 nitrogen and oxygen atoms in total. The van der Waals surface area contributed by atoms with Crippen molar-refractivity contribution < 1.29 is 9.18 Å². The molecule has 0 spiro atoms. The maximum absolute atomic E-state index is 14.0. The fourth-order valence-corrected chi connectivity index (χ4v) is 4.64. The summed E-state index contributed by atoms with van der Waals surface area (Å²) in [6, 6.07) is 5.32. The Morgan fingerprint density at radius 3 is 2.88 bits per heavy atom. The van der Waals surface area contributed by atoms with Gasteiger partial charge in [-0.1, -0.05) is 0 Å². The number of carbonyl (C=O) groups excluding carboxylic acids is 1. The van der Waals surface area contributed by atoms with E-state index >= 15 is 0 Å². The van der Waals surface area contributed by atoms with Crippen LogP contribution in [0.1, 0.15) is 24.6 Å². The minimum Gasteiger partial charge on any atom is -0.369 e. The van der Waals surface area contributed by atoms with Crippen LogP contribution in [0.25, 0.3) is 11.1 Å². The van der Waals surface area contributed by atoms with E-state index in [1.807, 2.05) is 18.4 Å². The van der Waals surface area contributed by atoms with Gasteiger partial charge in [0.1, 0.15) is 5.54 Å². The van der Waals surface area contributed by atoms with Gasteiger partial charge in [0.05, 0.1) is 5.92 Å². The predicted molar refractivity (Wildman–Crippen MR) is 95.5 cm³/mol. The number of carbonyl (C=O) groups is 1. The topological polar surface area (TPSA) is 71.6 Å². The molecule has 0 radical (unpaired) electrons. The Morgan fingerprint density at radius 1 is 1.44 bits per heavy atom. The lowest BCUT2D eigenvalue weighted by molar-refractivity contribution is -0.134. The minimum absolute atomic E-state index is 0.0139. The number of hydrogen-bond acceptors (Lipinski definition) is 5. The molecule has 0 unspecified atom stereocenters. The fourth-order valence-electron chi connectivity index (χ4n) is 3.59. The summed E-state index contributed by atoms with van der Waals surface area (Å²) in [5.74, 6) is -0.155. The lowest BCUT2D eigenvalue weighted by atomic mass is 9.79. The summed E-state index contributed by atoms with van der Waals surface area (Å²) in [6.45, 7) is 1.96. The van der Waals surface area contributed by atoms with E-state index in [0.29, 0.717) is 11.5 Å². The highest BCUT2D eigenvalue weighted by molar-refractivity contribution is 7.10. The summed E-state index contributed by atoms with van der Waals surface area (Å²) in [5.41, 5.74) is 6.49. The van der Waals surface area contributed by atoms with Crippen molar-refractivity contribution in [3.63, 3.8) is 0 Å². The third kappa shape index (κ3) is 2.54. The quantitative estimate of drug-likeness (QED) is 0.858. The molecular weight excluding hydrogens is 339 g/mol. The molecule has 25 heavy (non-hydrogen) atoms. The van der Waals surface area contributed by atoms with Gasteiger partial charge in [-0.3, -0.25) is 9.69 Å². The molecule has 2 aromatic heterocycles. The normalized spacial score (nSPS) is 26.7. The molecule has 1 aliphatic carbocycles. The third-order valence-corrected chi connectivity index (χ3v) is 6.31. The third-order valence-electron chi connectivity index (χ3n) is 5.15. The smallest absolute Gasteiger partial charge is 0.235 e. The number of aliphatic imine (C=N–C) groups is 1. The van der Waals surface area contributed by atoms with Crippen LogP contribution in [0.3, 0.4) is 0 Å². The van der Waals surface area contributed by atoms with Crippen molar-refractivity contribution in [3.05, 3.63) is 40.6 Å². The van der Waals surface area contributed by atoms with E-state index in [9.17, 15) is 9.18 Å². The number of halogens is 1. The van der Waals surface area contributed by atoms with Crippen molar-refractivity contribution in [2.45, 2.75) is 25.3 Å².